The Labute approximate surface area is 104 Å². The van der Waals surface area contributed by atoms with Crippen LogP contribution >= 0.6 is 0 Å². The predicted molar refractivity (Wildman–Crippen MR) is 64.2 cm³/mol. The highest BCUT2D eigenvalue weighted by Crippen LogP contribution is 2.12. The Morgan fingerprint density at radius 3 is 2.39 bits per heavy atom. The molecule has 0 saturated carbocycles. The summed E-state index contributed by atoms with van der Waals surface area (Å²) in [7, 11) is 3.19. The second-order valence-electron chi connectivity index (χ2n) is 3.69. The fourth-order valence-corrected chi connectivity index (χ4v) is 1.09. The van der Waals surface area contributed by atoms with Crippen LogP contribution in [0.5, 0.6) is 5.75 Å². The maximum absolute atomic E-state index is 11.3. The van der Waals surface area contributed by atoms with Crippen molar-refractivity contribution in [3.63, 3.8) is 0 Å². The molecule has 0 aliphatic carbocycles. The molecule has 0 spiro atoms. The van der Waals surface area contributed by atoms with E-state index in [2.05, 4.69) is 5.43 Å². The van der Waals surface area contributed by atoms with Gasteiger partial charge >= 0.3 is 12.2 Å². The van der Waals surface area contributed by atoms with Gasteiger partial charge in [-0.3, -0.25) is 5.43 Å². The summed E-state index contributed by atoms with van der Waals surface area (Å²) in [6, 6.07) is 6.74. The van der Waals surface area contributed by atoms with Gasteiger partial charge in [0.25, 0.3) is 0 Å². The lowest BCUT2D eigenvalue weighted by Crippen LogP contribution is -2.35. The molecule has 0 unspecified atom stereocenters. The predicted octanol–water partition coefficient (Wildman–Crippen LogP) is 1.02. The third-order valence-corrected chi connectivity index (χ3v) is 1.98. The van der Waals surface area contributed by atoms with Crippen LogP contribution in [0.25, 0.3) is 0 Å². The van der Waals surface area contributed by atoms with Crippen LogP contribution in [0.15, 0.2) is 24.3 Å². The molecule has 0 atom stereocenters. The first-order valence-corrected chi connectivity index (χ1v) is 5.19. The summed E-state index contributed by atoms with van der Waals surface area (Å²) in [6.07, 6.45) is -1.60. The van der Waals surface area contributed by atoms with E-state index in [9.17, 15) is 9.59 Å². The van der Waals surface area contributed by atoms with Crippen molar-refractivity contribution in [2.24, 2.45) is 0 Å². The van der Waals surface area contributed by atoms with Crippen molar-refractivity contribution < 1.29 is 19.4 Å². The number of hydrogen-bond acceptors (Lipinski definition) is 4. The zero-order valence-electron chi connectivity index (χ0n) is 10.1. The zero-order chi connectivity index (χ0) is 13.5. The average Bonchev–Trinajstić information content (AvgIpc) is 2.30. The van der Waals surface area contributed by atoms with Crippen LogP contribution in [0.1, 0.15) is 5.56 Å². The second-order valence-corrected chi connectivity index (χ2v) is 3.69. The summed E-state index contributed by atoms with van der Waals surface area (Å²) in [5, 5.41) is 8.35. The monoisotopic (exact) mass is 253 g/mol. The number of hydrazine groups is 1. The van der Waals surface area contributed by atoms with E-state index in [1.165, 1.54) is 4.90 Å². The highest BCUT2D eigenvalue weighted by atomic mass is 16.6. The molecule has 1 aromatic rings. The van der Waals surface area contributed by atoms with E-state index in [4.69, 9.17) is 9.84 Å². The number of hydrogen-bond donors (Lipinski definition) is 3. The summed E-state index contributed by atoms with van der Waals surface area (Å²) < 4.78 is 5.03. The first-order chi connectivity index (χ1) is 8.49. The van der Waals surface area contributed by atoms with E-state index in [1.54, 1.807) is 38.4 Å². The summed E-state index contributed by atoms with van der Waals surface area (Å²) in [5.74, 6) is 0.434. The number of carbonyl (C=O) groups excluding carboxylic acids is 1. The molecular weight excluding hydrogens is 238 g/mol. The van der Waals surface area contributed by atoms with Crippen LogP contribution in [-0.4, -0.2) is 36.3 Å². The molecule has 1 aromatic carbocycles. The van der Waals surface area contributed by atoms with E-state index in [1.807, 2.05) is 5.43 Å². The minimum Gasteiger partial charge on any atom is -0.464 e. The Bertz CT molecular complexity index is 417. The number of carboxylic acid groups (broad SMARTS) is 1. The minimum atomic E-state index is -1.15. The lowest BCUT2D eigenvalue weighted by atomic mass is 10.2. The van der Waals surface area contributed by atoms with Crippen LogP contribution in [0, 0.1) is 0 Å². The fraction of sp³-hybridized carbons (Fsp3) is 0.273. The van der Waals surface area contributed by atoms with Crippen molar-refractivity contribution >= 4 is 12.2 Å². The topological polar surface area (TPSA) is 90.9 Å². The molecular formula is C11H15N3O4. The third kappa shape index (κ3) is 4.71. The first-order valence-electron chi connectivity index (χ1n) is 5.19. The van der Waals surface area contributed by atoms with Crippen molar-refractivity contribution in [1.82, 2.24) is 15.8 Å². The lowest BCUT2D eigenvalue weighted by molar-refractivity contribution is 0.172. The Balaban J connectivity index is 2.47. The van der Waals surface area contributed by atoms with Gasteiger partial charge in [0.2, 0.25) is 0 Å². The molecule has 2 amide bonds. The standard InChI is InChI=1S/C11H15N3O4/c1-14(2)11(17)18-9-5-3-8(4-6-9)7-12-13-10(15)16/h3-6,12-13H,7H2,1-2H3,(H,15,16). The van der Waals surface area contributed by atoms with Crippen molar-refractivity contribution in [3.8, 4) is 5.75 Å². The molecule has 0 aromatic heterocycles. The Morgan fingerprint density at radius 1 is 1.28 bits per heavy atom. The number of nitrogens with one attached hydrogen (secondary N) is 2. The number of nitrogens with zero attached hydrogens (tertiary/aromatic N) is 1. The van der Waals surface area contributed by atoms with Gasteiger partial charge in [0.05, 0.1) is 0 Å². The summed E-state index contributed by atoms with van der Waals surface area (Å²) in [5.41, 5.74) is 5.40. The van der Waals surface area contributed by atoms with Crippen LogP contribution in [0.4, 0.5) is 9.59 Å². The molecule has 0 radical (unpaired) electrons. The van der Waals surface area contributed by atoms with E-state index < -0.39 is 12.2 Å². The molecule has 0 bridgehead atoms. The van der Waals surface area contributed by atoms with Gasteiger partial charge in [-0.2, -0.15) is 0 Å². The van der Waals surface area contributed by atoms with E-state index in [0.717, 1.165) is 5.56 Å². The molecule has 7 nitrogen and oxygen atoms in total. The molecule has 0 aliphatic rings. The van der Waals surface area contributed by atoms with Gasteiger partial charge in [-0.1, -0.05) is 12.1 Å². The maximum atomic E-state index is 11.3. The number of benzene rings is 1. The van der Waals surface area contributed by atoms with Gasteiger partial charge in [-0.15, -0.1) is 0 Å². The van der Waals surface area contributed by atoms with Crippen LogP contribution in [0.2, 0.25) is 0 Å². The SMILES string of the molecule is CN(C)C(=O)Oc1ccc(CNNC(=O)O)cc1. The number of carbonyl (C=O) groups is 2. The molecule has 0 fully saturated rings. The Morgan fingerprint density at radius 2 is 1.89 bits per heavy atom. The summed E-state index contributed by atoms with van der Waals surface area (Å²) >= 11 is 0. The van der Waals surface area contributed by atoms with Crippen LogP contribution in [-0.2, 0) is 6.54 Å². The van der Waals surface area contributed by atoms with Gasteiger partial charge in [0, 0.05) is 20.6 Å². The first kappa shape index (κ1) is 13.8. The molecule has 1 rings (SSSR count). The van der Waals surface area contributed by atoms with Gasteiger partial charge in [-0.05, 0) is 17.7 Å². The highest BCUT2D eigenvalue weighted by Gasteiger charge is 2.06. The van der Waals surface area contributed by atoms with Crippen LogP contribution in [0.3, 0.4) is 0 Å². The molecule has 18 heavy (non-hydrogen) atoms. The molecule has 7 heteroatoms. The van der Waals surface area contributed by atoms with Gasteiger partial charge in [0.15, 0.2) is 0 Å². The zero-order valence-corrected chi connectivity index (χ0v) is 10.1. The second kappa shape index (κ2) is 6.45. The molecule has 0 saturated heterocycles. The van der Waals surface area contributed by atoms with E-state index >= 15 is 0 Å². The molecule has 3 N–H and O–H groups in total. The average molecular weight is 253 g/mol. The summed E-state index contributed by atoms with van der Waals surface area (Å²) in [4.78, 5) is 22.8. The van der Waals surface area contributed by atoms with Crippen molar-refractivity contribution in [1.29, 1.82) is 0 Å². The van der Waals surface area contributed by atoms with Gasteiger partial charge < -0.3 is 14.7 Å². The summed E-state index contributed by atoms with van der Waals surface area (Å²) in [6.45, 7) is 0.341. The number of amides is 2. The third-order valence-electron chi connectivity index (χ3n) is 1.98. The number of ether oxygens (including phenoxy) is 1. The van der Waals surface area contributed by atoms with Crippen molar-refractivity contribution in [3.05, 3.63) is 29.8 Å². The Kier molecular flexibility index (Phi) is 4.94. The molecule has 0 heterocycles. The number of rotatable bonds is 4. The maximum Gasteiger partial charge on any atom is 0.419 e. The minimum absolute atomic E-state index is 0.341. The van der Waals surface area contributed by atoms with Gasteiger partial charge in [-0.25, -0.2) is 15.0 Å². The van der Waals surface area contributed by atoms with Crippen molar-refractivity contribution in [2.75, 3.05) is 14.1 Å². The lowest BCUT2D eigenvalue weighted by Gasteiger charge is -2.11. The highest BCUT2D eigenvalue weighted by molar-refractivity contribution is 5.69. The Hall–Kier alpha value is -2.28. The quantitative estimate of drug-likeness (QED) is 0.697. The molecule has 0 aliphatic heterocycles. The molecule has 98 valence electrons. The van der Waals surface area contributed by atoms with Crippen molar-refractivity contribution in [2.45, 2.75) is 6.54 Å². The van der Waals surface area contributed by atoms with E-state index in [-0.39, 0.29) is 0 Å². The van der Waals surface area contributed by atoms with E-state index in [0.29, 0.717) is 12.3 Å². The fourth-order valence-electron chi connectivity index (χ4n) is 1.09. The smallest absolute Gasteiger partial charge is 0.419 e. The largest absolute Gasteiger partial charge is 0.464 e. The normalized spacial score (nSPS) is 9.67. The van der Waals surface area contributed by atoms with Crippen LogP contribution < -0.4 is 15.6 Å². The van der Waals surface area contributed by atoms with Gasteiger partial charge in [0.1, 0.15) is 5.75 Å².